The van der Waals surface area contributed by atoms with Crippen LogP contribution in [0.15, 0.2) is 22.7 Å². The molecule has 3 rings (SSSR count). The summed E-state index contributed by atoms with van der Waals surface area (Å²) < 4.78 is 5.26. The largest absolute Gasteiger partial charge is 0.507 e. The molecule has 0 saturated heterocycles. The van der Waals surface area contributed by atoms with Crippen LogP contribution in [-0.4, -0.2) is 15.2 Å². The Labute approximate surface area is 116 Å². The first-order chi connectivity index (χ1) is 9.24. The zero-order valence-electron chi connectivity index (χ0n) is 10.5. The van der Waals surface area contributed by atoms with Crippen molar-refractivity contribution in [2.24, 2.45) is 0 Å². The van der Waals surface area contributed by atoms with Gasteiger partial charge in [-0.2, -0.15) is 4.98 Å². The predicted molar refractivity (Wildman–Crippen MR) is 72.2 cm³/mol. The molecule has 1 fully saturated rings. The van der Waals surface area contributed by atoms with Crippen LogP contribution in [0.2, 0.25) is 5.02 Å². The Hall–Kier alpha value is -1.55. The van der Waals surface area contributed by atoms with Crippen molar-refractivity contribution in [1.82, 2.24) is 10.1 Å². The molecule has 1 aromatic heterocycles. The van der Waals surface area contributed by atoms with Gasteiger partial charge in [-0.05, 0) is 31.0 Å². The number of aromatic hydroxyl groups is 1. The van der Waals surface area contributed by atoms with Crippen LogP contribution in [-0.2, 0) is 0 Å². The normalized spacial score (nSPS) is 16.7. The first-order valence-electron chi connectivity index (χ1n) is 6.56. The molecule has 0 radical (unpaired) electrons. The molecule has 1 aliphatic carbocycles. The Morgan fingerprint density at radius 2 is 2.00 bits per heavy atom. The third kappa shape index (κ3) is 2.59. The summed E-state index contributed by atoms with van der Waals surface area (Å²) >= 11 is 5.80. The Kier molecular flexibility index (Phi) is 3.42. The van der Waals surface area contributed by atoms with Crippen molar-refractivity contribution in [3.05, 3.63) is 29.0 Å². The Balaban J connectivity index is 1.87. The van der Waals surface area contributed by atoms with Crippen molar-refractivity contribution in [3.63, 3.8) is 0 Å². The number of benzene rings is 1. The molecule has 0 bridgehead atoms. The predicted octanol–water partition coefficient (Wildman–Crippen LogP) is 4.14. The van der Waals surface area contributed by atoms with Gasteiger partial charge in [0, 0.05) is 10.9 Å². The highest BCUT2D eigenvalue weighted by molar-refractivity contribution is 6.30. The highest BCUT2D eigenvalue weighted by Gasteiger charge is 2.22. The Bertz CT molecular complexity index is 577. The molecular formula is C14H15ClN2O2. The average molecular weight is 279 g/mol. The van der Waals surface area contributed by atoms with Gasteiger partial charge >= 0.3 is 0 Å². The highest BCUT2D eigenvalue weighted by Crippen LogP contribution is 2.34. The standard InChI is InChI=1S/C14H15ClN2O2/c15-10-6-7-11(12(18)8-10)14-16-13(17-19-14)9-4-2-1-3-5-9/h6-9,18H,1-5H2. The maximum atomic E-state index is 9.85. The smallest absolute Gasteiger partial charge is 0.261 e. The van der Waals surface area contributed by atoms with E-state index in [2.05, 4.69) is 10.1 Å². The van der Waals surface area contributed by atoms with Crippen molar-refractivity contribution in [1.29, 1.82) is 0 Å². The summed E-state index contributed by atoms with van der Waals surface area (Å²) in [6, 6.07) is 4.86. The number of phenolic OH excluding ortho intramolecular Hbond substituents is 1. The summed E-state index contributed by atoms with van der Waals surface area (Å²) in [7, 11) is 0. The van der Waals surface area contributed by atoms with E-state index in [1.807, 2.05) is 0 Å². The molecule has 1 heterocycles. The van der Waals surface area contributed by atoms with Gasteiger partial charge in [0.15, 0.2) is 5.82 Å². The molecule has 0 aliphatic heterocycles. The van der Waals surface area contributed by atoms with E-state index in [1.54, 1.807) is 12.1 Å². The van der Waals surface area contributed by atoms with E-state index in [0.29, 0.717) is 22.4 Å². The van der Waals surface area contributed by atoms with Crippen LogP contribution in [0.5, 0.6) is 5.75 Å². The van der Waals surface area contributed by atoms with E-state index < -0.39 is 0 Å². The lowest BCUT2D eigenvalue weighted by atomic mass is 9.89. The van der Waals surface area contributed by atoms with Crippen LogP contribution in [0.25, 0.3) is 11.5 Å². The summed E-state index contributed by atoms with van der Waals surface area (Å²) in [4.78, 5) is 4.41. The number of nitrogens with zero attached hydrogens (tertiary/aromatic N) is 2. The summed E-state index contributed by atoms with van der Waals surface area (Å²) in [5.41, 5.74) is 0.527. The second kappa shape index (κ2) is 5.21. The van der Waals surface area contributed by atoms with Gasteiger partial charge in [-0.3, -0.25) is 0 Å². The van der Waals surface area contributed by atoms with Gasteiger partial charge in [-0.1, -0.05) is 36.0 Å². The van der Waals surface area contributed by atoms with E-state index in [-0.39, 0.29) is 5.75 Å². The lowest BCUT2D eigenvalue weighted by molar-refractivity contribution is 0.384. The topological polar surface area (TPSA) is 59.2 Å². The molecule has 0 amide bonds. The second-order valence-electron chi connectivity index (χ2n) is 4.95. The third-order valence-corrected chi connectivity index (χ3v) is 3.84. The van der Waals surface area contributed by atoms with Crippen molar-refractivity contribution in [3.8, 4) is 17.2 Å². The fraction of sp³-hybridized carbons (Fsp3) is 0.429. The average Bonchev–Trinajstić information content (AvgIpc) is 2.89. The van der Waals surface area contributed by atoms with E-state index in [4.69, 9.17) is 16.1 Å². The lowest BCUT2D eigenvalue weighted by Gasteiger charge is -2.17. The van der Waals surface area contributed by atoms with Crippen LogP contribution in [0.1, 0.15) is 43.8 Å². The van der Waals surface area contributed by atoms with E-state index in [1.165, 1.54) is 25.3 Å². The molecule has 19 heavy (non-hydrogen) atoms. The van der Waals surface area contributed by atoms with E-state index >= 15 is 0 Å². The van der Waals surface area contributed by atoms with Crippen molar-refractivity contribution in [2.45, 2.75) is 38.0 Å². The van der Waals surface area contributed by atoms with Crippen LogP contribution < -0.4 is 0 Å². The van der Waals surface area contributed by atoms with Gasteiger partial charge < -0.3 is 9.63 Å². The first-order valence-corrected chi connectivity index (χ1v) is 6.94. The third-order valence-electron chi connectivity index (χ3n) is 3.60. The first kappa shape index (κ1) is 12.5. The minimum absolute atomic E-state index is 0.0614. The van der Waals surface area contributed by atoms with Gasteiger partial charge in [0.05, 0.1) is 5.56 Å². The molecule has 2 aromatic rings. The fourth-order valence-electron chi connectivity index (χ4n) is 2.56. The molecule has 1 aromatic carbocycles. The maximum absolute atomic E-state index is 9.85. The zero-order valence-corrected chi connectivity index (χ0v) is 11.2. The number of hydrogen-bond acceptors (Lipinski definition) is 4. The highest BCUT2D eigenvalue weighted by atomic mass is 35.5. The Morgan fingerprint density at radius 1 is 1.21 bits per heavy atom. The SMILES string of the molecule is Oc1cc(Cl)ccc1-c1nc(C2CCCCC2)no1. The van der Waals surface area contributed by atoms with Crippen molar-refractivity contribution < 1.29 is 9.63 Å². The molecule has 0 spiro atoms. The number of aromatic nitrogens is 2. The van der Waals surface area contributed by atoms with Gasteiger partial charge in [0.25, 0.3) is 5.89 Å². The minimum Gasteiger partial charge on any atom is -0.507 e. The molecular weight excluding hydrogens is 264 g/mol. The van der Waals surface area contributed by atoms with Crippen LogP contribution in [0, 0.1) is 0 Å². The monoisotopic (exact) mass is 278 g/mol. The quantitative estimate of drug-likeness (QED) is 0.897. The zero-order chi connectivity index (χ0) is 13.2. The number of phenols is 1. The molecule has 5 heteroatoms. The summed E-state index contributed by atoms with van der Waals surface area (Å²) in [5, 5.41) is 14.4. The van der Waals surface area contributed by atoms with Crippen LogP contribution >= 0.6 is 11.6 Å². The summed E-state index contributed by atoms with van der Waals surface area (Å²) in [6.45, 7) is 0. The van der Waals surface area contributed by atoms with Gasteiger partial charge in [-0.25, -0.2) is 0 Å². The lowest BCUT2D eigenvalue weighted by Crippen LogP contribution is -2.06. The molecule has 1 aliphatic rings. The van der Waals surface area contributed by atoms with Gasteiger partial charge in [0.1, 0.15) is 5.75 Å². The second-order valence-corrected chi connectivity index (χ2v) is 5.39. The van der Waals surface area contributed by atoms with Gasteiger partial charge in [-0.15, -0.1) is 0 Å². The van der Waals surface area contributed by atoms with Crippen molar-refractivity contribution in [2.75, 3.05) is 0 Å². The fourth-order valence-corrected chi connectivity index (χ4v) is 2.72. The molecule has 1 saturated carbocycles. The molecule has 100 valence electrons. The van der Waals surface area contributed by atoms with Crippen molar-refractivity contribution >= 4 is 11.6 Å². The van der Waals surface area contributed by atoms with E-state index in [9.17, 15) is 5.11 Å². The minimum atomic E-state index is 0.0614. The molecule has 0 unspecified atom stereocenters. The molecule has 0 atom stereocenters. The number of halogens is 1. The van der Waals surface area contributed by atoms with Crippen LogP contribution in [0.4, 0.5) is 0 Å². The van der Waals surface area contributed by atoms with E-state index in [0.717, 1.165) is 18.7 Å². The summed E-state index contributed by atoms with van der Waals surface area (Å²) in [5.74, 6) is 1.56. The maximum Gasteiger partial charge on any atom is 0.261 e. The molecule has 4 nitrogen and oxygen atoms in total. The number of hydrogen-bond donors (Lipinski definition) is 1. The molecule has 1 N–H and O–H groups in total. The van der Waals surface area contributed by atoms with Gasteiger partial charge in [0.2, 0.25) is 0 Å². The Morgan fingerprint density at radius 3 is 2.74 bits per heavy atom. The van der Waals surface area contributed by atoms with Crippen LogP contribution in [0.3, 0.4) is 0 Å². The summed E-state index contributed by atoms with van der Waals surface area (Å²) in [6.07, 6.45) is 5.97. The number of rotatable bonds is 2.